The van der Waals surface area contributed by atoms with E-state index >= 15 is 0 Å². The molecule has 1 aromatic heterocycles. The summed E-state index contributed by atoms with van der Waals surface area (Å²) in [4.78, 5) is 1.14. The molecule has 1 unspecified atom stereocenters. The van der Waals surface area contributed by atoms with Gasteiger partial charge in [-0.05, 0) is 67.7 Å². The van der Waals surface area contributed by atoms with Gasteiger partial charge in [-0.2, -0.15) is 0 Å². The van der Waals surface area contributed by atoms with Gasteiger partial charge in [-0.15, -0.1) is 11.3 Å². The Morgan fingerprint density at radius 2 is 2.18 bits per heavy atom. The highest BCUT2D eigenvalue weighted by Gasteiger charge is 2.17. The number of rotatable bonds is 3. The van der Waals surface area contributed by atoms with Crippen LogP contribution in [0, 0.1) is 3.57 Å². The number of halogens is 3. The summed E-state index contributed by atoms with van der Waals surface area (Å²) in [7, 11) is 0. The minimum absolute atomic E-state index is 0.0427. The Hall–Kier alpha value is 0.340. The second-order valence-electron chi connectivity index (χ2n) is 3.41. The van der Waals surface area contributed by atoms with Gasteiger partial charge in [0.1, 0.15) is 0 Å². The lowest BCUT2D eigenvalue weighted by Gasteiger charge is -2.16. The van der Waals surface area contributed by atoms with Gasteiger partial charge < -0.3 is 0 Å². The molecule has 90 valence electrons. The van der Waals surface area contributed by atoms with E-state index in [2.05, 4.69) is 43.9 Å². The number of thiophene rings is 1. The molecule has 0 saturated heterocycles. The molecule has 0 bridgehead atoms. The van der Waals surface area contributed by atoms with Gasteiger partial charge in [0.25, 0.3) is 0 Å². The quantitative estimate of drug-likeness (QED) is 0.421. The Balaban J connectivity index is 2.42. The molecule has 0 radical (unpaired) electrons. The third-order valence-corrected chi connectivity index (χ3v) is 5.86. The molecule has 1 heterocycles. The fraction of sp³-hybridized carbons (Fsp3) is 0.0909. The number of hydrogen-bond donors (Lipinski definition) is 2. The zero-order valence-corrected chi connectivity index (χ0v) is 13.9. The normalized spacial score (nSPS) is 12.7. The standard InChI is InChI=1S/C11H9BrClIN2S/c12-7-3-4-17-11(7)10(16-15)6-1-2-9(14)8(13)5-6/h1-5,10,16H,15H2. The van der Waals surface area contributed by atoms with Gasteiger partial charge in [-0.25, -0.2) is 5.43 Å². The van der Waals surface area contributed by atoms with Crippen LogP contribution in [-0.4, -0.2) is 0 Å². The van der Waals surface area contributed by atoms with Crippen LogP contribution in [0.3, 0.4) is 0 Å². The first-order valence-corrected chi connectivity index (χ1v) is 7.90. The molecule has 0 saturated carbocycles. The molecule has 17 heavy (non-hydrogen) atoms. The Bertz CT molecular complexity index is 532. The molecular formula is C11H9BrClIN2S. The lowest BCUT2D eigenvalue weighted by atomic mass is 10.1. The highest BCUT2D eigenvalue weighted by atomic mass is 127. The van der Waals surface area contributed by atoms with Gasteiger partial charge >= 0.3 is 0 Å². The maximum absolute atomic E-state index is 6.13. The van der Waals surface area contributed by atoms with Crippen molar-refractivity contribution in [3.8, 4) is 0 Å². The van der Waals surface area contributed by atoms with Crippen LogP contribution in [0.5, 0.6) is 0 Å². The van der Waals surface area contributed by atoms with Crippen molar-refractivity contribution in [3.05, 3.63) is 53.2 Å². The number of nitrogens with two attached hydrogens (primary N) is 1. The third-order valence-electron chi connectivity index (χ3n) is 2.35. The minimum Gasteiger partial charge on any atom is -0.271 e. The van der Waals surface area contributed by atoms with E-state index in [4.69, 9.17) is 17.4 Å². The first-order valence-electron chi connectivity index (χ1n) is 4.77. The van der Waals surface area contributed by atoms with Crippen LogP contribution < -0.4 is 11.3 Å². The molecule has 0 fully saturated rings. The smallest absolute Gasteiger partial charge is 0.0814 e. The fourth-order valence-electron chi connectivity index (χ4n) is 1.53. The summed E-state index contributed by atoms with van der Waals surface area (Å²) in [6, 6.07) is 7.94. The van der Waals surface area contributed by atoms with Crippen LogP contribution in [0.25, 0.3) is 0 Å². The molecule has 0 aliphatic heterocycles. The largest absolute Gasteiger partial charge is 0.271 e. The van der Waals surface area contributed by atoms with Crippen molar-refractivity contribution in [3.63, 3.8) is 0 Å². The van der Waals surface area contributed by atoms with Crippen molar-refractivity contribution in [1.82, 2.24) is 5.43 Å². The maximum Gasteiger partial charge on any atom is 0.0814 e. The minimum atomic E-state index is -0.0427. The SMILES string of the molecule is NNC(c1ccc(I)c(Cl)c1)c1sccc1Br. The molecule has 2 rings (SSSR count). The molecule has 1 atom stereocenters. The van der Waals surface area contributed by atoms with Gasteiger partial charge in [0.2, 0.25) is 0 Å². The summed E-state index contributed by atoms with van der Waals surface area (Å²) < 4.78 is 2.09. The third kappa shape index (κ3) is 3.02. The summed E-state index contributed by atoms with van der Waals surface area (Å²) in [6.45, 7) is 0. The van der Waals surface area contributed by atoms with Gasteiger partial charge in [0.05, 0.1) is 11.1 Å². The van der Waals surface area contributed by atoms with Crippen LogP contribution in [0.4, 0.5) is 0 Å². The Morgan fingerprint density at radius 1 is 1.41 bits per heavy atom. The average Bonchev–Trinajstić information content (AvgIpc) is 2.71. The summed E-state index contributed by atoms with van der Waals surface area (Å²) in [5.41, 5.74) is 3.88. The van der Waals surface area contributed by atoms with Crippen LogP contribution in [-0.2, 0) is 0 Å². The molecule has 0 amide bonds. The van der Waals surface area contributed by atoms with E-state index in [9.17, 15) is 0 Å². The molecule has 2 aromatic rings. The summed E-state index contributed by atoms with van der Waals surface area (Å²) in [5, 5.41) is 2.77. The predicted molar refractivity (Wildman–Crippen MR) is 85.4 cm³/mol. The molecule has 2 nitrogen and oxygen atoms in total. The second kappa shape index (κ2) is 5.99. The lowest BCUT2D eigenvalue weighted by molar-refractivity contribution is 0.644. The molecule has 1 aromatic carbocycles. The highest BCUT2D eigenvalue weighted by Crippen LogP contribution is 2.34. The summed E-state index contributed by atoms with van der Waals surface area (Å²) in [6.07, 6.45) is 0. The van der Waals surface area contributed by atoms with Crippen molar-refractivity contribution in [1.29, 1.82) is 0 Å². The molecule has 6 heteroatoms. The first-order chi connectivity index (χ1) is 8.13. The van der Waals surface area contributed by atoms with Crippen molar-refractivity contribution in [2.75, 3.05) is 0 Å². The van der Waals surface area contributed by atoms with Crippen molar-refractivity contribution in [2.24, 2.45) is 5.84 Å². The fourth-order valence-corrected chi connectivity index (χ4v) is 3.74. The van der Waals surface area contributed by atoms with Gasteiger partial charge in [-0.3, -0.25) is 5.84 Å². The predicted octanol–water partition coefficient (Wildman–Crippen LogP) is 4.32. The number of benzene rings is 1. The number of hydrogen-bond acceptors (Lipinski definition) is 3. The van der Waals surface area contributed by atoms with Crippen LogP contribution >= 0.6 is 61.5 Å². The van der Waals surface area contributed by atoms with E-state index in [1.54, 1.807) is 11.3 Å². The first kappa shape index (κ1) is 13.8. The highest BCUT2D eigenvalue weighted by molar-refractivity contribution is 14.1. The topological polar surface area (TPSA) is 38.0 Å². The second-order valence-corrected chi connectivity index (χ2v) is 6.78. The van der Waals surface area contributed by atoms with E-state index in [1.807, 2.05) is 29.6 Å². The molecule has 0 spiro atoms. The Morgan fingerprint density at radius 3 is 2.71 bits per heavy atom. The maximum atomic E-state index is 6.13. The molecular weight excluding hydrogens is 434 g/mol. The number of nitrogens with one attached hydrogen (secondary N) is 1. The van der Waals surface area contributed by atoms with Crippen molar-refractivity contribution >= 4 is 61.5 Å². The molecule has 3 N–H and O–H groups in total. The lowest BCUT2D eigenvalue weighted by Crippen LogP contribution is -2.28. The van der Waals surface area contributed by atoms with Crippen LogP contribution in [0.2, 0.25) is 5.02 Å². The van der Waals surface area contributed by atoms with Gasteiger partial charge in [0.15, 0.2) is 0 Å². The van der Waals surface area contributed by atoms with E-state index in [-0.39, 0.29) is 6.04 Å². The average molecular weight is 444 g/mol. The molecule has 0 aliphatic rings. The van der Waals surface area contributed by atoms with E-state index in [1.165, 1.54) is 0 Å². The van der Waals surface area contributed by atoms with Gasteiger partial charge in [0, 0.05) is 12.9 Å². The summed E-state index contributed by atoms with van der Waals surface area (Å²) >= 11 is 13.5. The van der Waals surface area contributed by atoms with Crippen LogP contribution in [0.15, 0.2) is 34.1 Å². The Kier molecular flexibility index (Phi) is 4.85. The van der Waals surface area contributed by atoms with E-state index in [0.29, 0.717) is 0 Å². The number of hydrazine groups is 1. The Labute approximate surface area is 131 Å². The van der Waals surface area contributed by atoms with Crippen molar-refractivity contribution < 1.29 is 0 Å². The van der Waals surface area contributed by atoms with Crippen molar-refractivity contribution in [2.45, 2.75) is 6.04 Å². The van der Waals surface area contributed by atoms with Gasteiger partial charge in [-0.1, -0.05) is 17.7 Å². The summed E-state index contributed by atoms with van der Waals surface area (Å²) in [5.74, 6) is 5.64. The van der Waals surface area contributed by atoms with Crippen LogP contribution in [0.1, 0.15) is 16.5 Å². The van der Waals surface area contributed by atoms with E-state index < -0.39 is 0 Å². The van der Waals surface area contributed by atoms with E-state index in [0.717, 1.165) is 23.5 Å². The zero-order chi connectivity index (χ0) is 12.4. The monoisotopic (exact) mass is 442 g/mol. The molecule has 0 aliphatic carbocycles. The zero-order valence-electron chi connectivity index (χ0n) is 8.58.